The van der Waals surface area contributed by atoms with Crippen LogP contribution in [0, 0.1) is 6.92 Å². The van der Waals surface area contributed by atoms with Crippen LogP contribution in [0.25, 0.3) is 28.5 Å². The third-order valence-electron chi connectivity index (χ3n) is 5.31. The van der Waals surface area contributed by atoms with Gasteiger partial charge in [-0.05, 0) is 43.3 Å². The normalized spacial score (nSPS) is 10.9. The van der Waals surface area contributed by atoms with Gasteiger partial charge < -0.3 is 14.0 Å². The van der Waals surface area contributed by atoms with Gasteiger partial charge in [-0.2, -0.15) is 4.98 Å². The van der Waals surface area contributed by atoms with Crippen molar-refractivity contribution in [3.05, 3.63) is 78.4 Å². The summed E-state index contributed by atoms with van der Waals surface area (Å²) in [5, 5.41) is 13.8. The molecule has 3 heterocycles. The lowest BCUT2D eigenvalue weighted by atomic mass is 10.2. The zero-order valence-electron chi connectivity index (χ0n) is 19.4. The maximum absolute atomic E-state index is 5.52. The highest BCUT2D eigenvalue weighted by molar-refractivity contribution is 7.98. The van der Waals surface area contributed by atoms with Gasteiger partial charge in [-0.1, -0.05) is 34.6 Å². The van der Waals surface area contributed by atoms with E-state index in [0.717, 1.165) is 22.6 Å². The van der Waals surface area contributed by atoms with Crippen LogP contribution < -0.4 is 9.47 Å². The highest BCUT2D eigenvalue weighted by Gasteiger charge is 2.19. The zero-order chi connectivity index (χ0) is 24.2. The summed E-state index contributed by atoms with van der Waals surface area (Å²) in [5.74, 6) is 3.35. The summed E-state index contributed by atoms with van der Waals surface area (Å²) >= 11 is 1.47. The smallest absolute Gasteiger partial charge is 0.237 e. The third-order valence-corrected chi connectivity index (χ3v) is 6.22. The van der Waals surface area contributed by atoms with E-state index in [1.54, 1.807) is 32.7 Å². The van der Waals surface area contributed by atoms with Crippen LogP contribution in [0.1, 0.15) is 11.5 Å². The summed E-state index contributed by atoms with van der Waals surface area (Å²) in [6.45, 7) is 2.06. The van der Waals surface area contributed by atoms with Crippen LogP contribution in [0.4, 0.5) is 0 Å². The van der Waals surface area contributed by atoms with E-state index in [4.69, 9.17) is 14.0 Å². The molecule has 0 N–H and O–H groups in total. The van der Waals surface area contributed by atoms with Crippen molar-refractivity contribution >= 4 is 11.8 Å². The Kier molecular flexibility index (Phi) is 6.44. The molecule has 0 unspecified atom stereocenters. The van der Waals surface area contributed by atoms with Gasteiger partial charge >= 0.3 is 0 Å². The molecule has 5 aromatic rings. The molecule has 0 aliphatic heterocycles. The van der Waals surface area contributed by atoms with Crippen molar-refractivity contribution in [1.29, 1.82) is 0 Å². The highest BCUT2D eigenvalue weighted by atomic mass is 32.2. The van der Waals surface area contributed by atoms with Crippen molar-refractivity contribution in [2.75, 3.05) is 14.2 Å². The van der Waals surface area contributed by atoms with Crippen LogP contribution in [0.15, 0.2) is 76.7 Å². The quantitative estimate of drug-likeness (QED) is 0.281. The molecule has 9 nitrogen and oxygen atoms in total. The Morgan fingerprint density at radius 3 is 2.49 bits per heavy atom. The number of ether oxygens (including phenoxy) is 2. The Labute approximate surface area is 206 Å². The van der Waals surface area contributed by atoms with E-state index in [1.807, 2.05) is 41.0 Å². The van der Waals surface area contributed by atoms with Crippen LogP contribution in [-0.4, -0.2) is 44.1 Å². The Morgan fingerprint density at radius 2 is 1.74 bits per heavy atom. The lowest BCUT2D eigenvalue weighted by molar-refractivity contribution is 0.388. The maximum atomic E-state index is 5.52. The number of pyridine rings is 1. The number of rotatable bonds is 8. The molecule has 0 aliphatic rings. The van der Waals surface area contributed by atoms with Crippen LogP contribution in [0.3, 0.4) is 0 Å². The first-order valence-electron chi connectivity index (χ1n) is 10.8. The Hall–Kier alpha value is -4.18. The number of aryl methyl sites for hydroxylation is 1. The number of nitrogens with zero attached hydrogens (tertiary/aromatic N) is 6. The standard InChI is InChI=1S/C25H22N6O3S/c1-16-4-6-18(7-5-16)31-24(17-10-12-26-13-11-17)28-29-25(31)35-15-22-27-23(30-34-22)20-9-8-19(32-2)14-21(20)33-3/h4-14H,15H2,1-3H3. The molecular formula is C25H22N6O3S. The number of aromatic nitrogens is 6. The molecule has 10 heteroatoms. The van der Waals surface area contributed by atoms with Crippen LogP contribution >= 0.6 is 11.8 Å². The highest BCUT2D eigenvalue weighted by Crippen LogP contribution is 2.33. The van der Waals surface area contributed by atoms with Gasteiger partial charge in [0.15, 0.2) is 11.0 Å². The number of benzene rings is 2. The minimum atomic E-state index is 0.422. The van der Waals surface area contributed by atoms with Crippen LogP contribution in [-0.2, 0) is 5.75 Å². The number of thioether (sulfide) groups is 1. The van der Waals surface area contributed by atoms with Gasteiger partial charge in [0.05, 0.1) is 25.5 Å². The molecule has 176 valence electrons. The summed E-state index contributed by atoms with van der Waals surface area (Å²) in [7, 11) is 3.20. The fourth-order valence-electron chi connectivity index (χ4n) is 3.51. The molecule has 0 radical (unpaired) electrons. The second kappa shape index (κ2) is 9.98. The van der Waals surface area contributed by atoms with Gasteiger partial charge in [-0.25, -0.2) is 0 Å². The van der Waals surface area contributed by atoms with Gasteiger partial charge in [0.2, 0.25) is 11.7 Å². The Morgan fingerprint density at radius 1 is 0.943 bits per heavy atom. The van der Waals surface area contributed by atoms with E-state index >= 15 is 0 Å². The third kappa shape index (κ3) is 4.73. The predicted octanol–water partition coefficient (Wildman–Crippen LogP) is 5.00. The second-order valence-electron chi connectivity index (χ2n) is 7.58. The summed E-state index contributed by atoms with van der Waals surface area (Å²) in [4.78, 5) is 8.66. The number of hydrogen-bond acceptors (Lipinski definition) is 9. The van der Waals surface area contributed by atoms with Crippen molar-refractivity contribution < 1.29 is 14.0 Å². The monoisotopic (exact) mass is 486 g/mol. The molecule has 0 saturated carbocycles. The Bertz CT molecular complexity index is 1430. The van der Waals surface area contributed by atoms with Crippen molar-refractivity contribution in [3.63, 3.8) is 0 Å². The van der Waals surface area contributed by atoms with Crippen molar-refractivity contribution in [2.24, 2.45) is 0 Å². The molecule has 0 saturated heterocycles. The van der Waals surface area contributed by atoms with E-state index in [1.165, 1.54) is 17.3 Å². The van der Waals surface area contributed by atoms with Gasteiger partial charge in [-0.15, -0.1) is 10.2 Å². The largest absolute Gasteiger partial charge is 0.497 e. The van der Waals surface area contributed by atoms with Crippen molar-refractivity contribution in [1.82, 2.24) is 29.9 Å². The summed E-state index contributed by atoms with van der Waals surface area (Å²) in [5.41, 5.74) is 3.78. The first-order valence-corrected chi connectivity index (χ1v) is 11.8. The molecule has 35 heavy (non-hydrogen) atoms. The molecular weight excluding hydrogens is 464 g/mol. The maximum Gasteiger partial charge on any atom is 0.237 e. The van der Waals surface area contributed by atoms with Gasteiger partial charge in [-0.3, -0.25) is 9.55 Å². The molecule has 0 amide bonds. The molecule has 0 bridgehead atoms. The zero-order valence-corrected chi connectivity index (χ0v) is 20.2. The molecule has 0 spiro atoms. The number of hydrogen-bond donors (Lipinski definition) is 0. The van der Waals surface area contributed by atoms with E-state index < -0.39 is 0 Å². The Balaban J connectivity index is 1.43. The van der Waals surface area contributed by atoms with E-state index in [2.05, 4.69) is 44.4 Å². The van der Waals surface area contributed by atoms with E-state index in [-0.39, 0.29) is 0 Å². The van der Waals surface area contributed by atoms with Crippen molar-refractivity contribution in [3.8, 4) is 40.0 Å². The average Bonchev–Trinajstić information content (AvgIpc) is 3.55. The SMILES string of the molecule is COc1ccc(-c2noc(CSc3nnc(-c4ccncc4)n3-c3ccc(C)cc3)n2)c(OC)c1. The number of methoxy groups -OCH3 is 2. The summed E-state index contributed by atoms with van der Waals surface area (Å²) in [6.07, 6.45) is 3.48. The van der Waals surface area contributed by atoms with E-state index in [9.17, 15) is 0 Å². The molecule has 0 fully saturated rings. The molecule has 0 atom stereocenters. The lowest BCUT2D eigenvalue weighted by Gasteiger charge is -2.10. The first kappa shape index (κ1) is 22.6. The summed E-state index contributed by atoms with van der Waals surface area (Å²) < 4.78 is 18.3. The molecule has 0 aliphatic carbocycles. The van der Waals surface area contributed by atoms with Crippen LogP contribution in [0.2, 0.25) is 0 Å². The second-order valence-corrected chi connectivity index (χ2v) is 8.52. The molecule has 3 aromatic heterocycles. The van der Waals surface area contributed by atoms with Crippen LogP contribution in [0.5, 0.6) is 11.5 Å². The molecule has 2 aromatic carbocycles. The minimum absolute atomic E-state index is 0.422. The predicted molar refractivity (Wildman–Crippen MR) is 132 cm³/mol. The molecule has 5 rings (SSSR count). The minimum Gasteiger partial charge on any atom is -0.497 e. The van der Waals surface area contributed by atoms with E-state index in [0.29, 0.717) is 34.1 Å². The fourth-order valence-corrected chi connectivity index (χ4v) is 4.30. The van der Waals surface area contributed by atoms with Gasteiger partial charge in [0.1, 0.15) is 11.5 Å². The fraction of sp³-hybridized carbons (Fsp3) is 0.160. The van der Waals surface area contributed by atoms with Gasteiger partial charge in [0.25, 0.3) is 0 Å². The van der Waals surface area contributed by atoms with Gasteiger partial charge in [0, 0.05) is 29.7 Å². The summed E-state index contributed by atoms with van der Waals surface area (Å²) in [6, 6.07) is 17.5. The van der Waals surface area contributed by atoms with Crippen molar-refractivity contribution in [2.45, 2.75) is 17.8 Å². The average molecular weight is 487 g/mol. The first-order chi connectivity index (χ1) is 17.2. The topological polar surface area (TPSA) is 101 Å². The lowest BCUT2D eigenvalue weighted by Crippen LogP contribution is -2.00.